The summed E-state index contributed by atoms with van der Waals surface area (Å²) in [6, 6.07) is 10.9. The minimum atomic E-state index is 0.00449. The highest BCUT2D eigenvalue weighted by atomic mass is 79.9. The van der Waals surface area contributed by atoms with Crippen LogP contribution in [-0.2, 0) is 6.54 Å². The van der Waals surface area contributed by atoms with Crippen LogP contribution >= 0.6 is 15.9 Å². The predicted molar refractivity (Wildman–Crippen MR) is 73.5 cm³/mol. The summed E-state index contributed by atoms with van der Waals surface area (Å²) in [4.78, 5) is 12.0. The Morgan fingerprint density at radius 3 is 2.56 bits per heavy atom. The number of ketones is 1. The quantitative estimate of drug-likeness (QED) is 0.871. The first-order chi connectivity index (χ1) is 8.56. The van der Waals surface area contributed by atoms with Crippen LogP contribution in [0.3, 0.4) is 0 Å². The molecule has 3 nitrogen and oxygen atoms in total. The number of Topliss-reactive ketones (excluding diaryl/α,β-unsaturated/α-hetero) is 1. The summed E-state index contributed by atoms with van der Waals surface area (Å²) in [5.41, 5.74) is 2.03. The first-order valence-electron chi connectivity index (χ1n) is 5.57. The van der Waals surface area contributed by atoms with E-state index in [-0.39, 0.29) is 12.3 Å². The molecule has 1 N–H and O–H groups in total. The topological polar surface area (TPSA) is 45.9 Å². The van der Waals surface area contributed by atoms with E-state index in [4.69, 9.17) is 5.41 Å². The molecule has 0 aliphatic carbocycles. The van der Waals surface area contributed by atoms with E-state index < -0.39 is 0 Å². The van der Waals surface area contributed by atoms with Gasteiger partial charge >= 0.3 is 0 Å². The van der Waals surface area contributed by atoms with Crippen molar-refractivity contribution in [3.05, 3.63) is 63.7 Å². The monoisotopic (exact) mass is 304 g/mol. The number of hydrogen-bond acceptors (Lipinski definition) is 2. The lowest BCUT2D eigenvalue weighted by atomic mass is 10.1. The lowest BCUT2D eigenvalue weighted by Crippen LogP contribution is -2.23. The zero-order valence-electron chi connectivity index (χ0n) is 9.98. The molecule has 0 aliphatic rings. The maximum atomic E-state index is 12.0. The Morgan fingerprint density at radius 1 is 1.28 bits per heavy atom. The van der Waals surface area contributed by atoms with Crippen molar-refractivity contribution in [2.75, 3.05) is 0 Å². The largest absolute Gasteiger partial charge is 0.326 e. The summed E-state index contributed by atoms with van der Waals surface area (Å²) < 4.78 is 2.58. The zero-order chi connectivity index (χ0) is 13.1. The fourth-order valence-electron chi connectivity index (χ4n) is 1.65. The number of aryl methyl sites for hydroxylation is 1. The molecule has 1 aromatic heterocycles. The van der Waals surface area contributed by atoms with Crippen molar-refractivity contribution in [1.82, 2.24) is 4.57 Å². The highest BCUT2D eigenvalue weighted by Crippen LogP contribution is 2.11. The molecule has 18 heavy (non-hydrogen) atoms. The van der Waals surface area contributed by atoms with Crippen molar-refractivity contribution in [3.63, 3.8) is 0 Å². The number of hydrogen-bond donors (Lipinski definition) is 1. The molecule has 0 amide bonds. The molecule has 0 bridgehead atoms. The van der Waals surface area contributed by atoms with Crippen molar-refractivity contribution in [2.45, 2.75) is 13.5 Å². The van der Waals surface area contributed by atoms with Gasteiger partial charge < -0.3 is 4.57 Å². The number of rotatable bonds is 3. The number of carbonyl (C=O) groups excluding carboxylic acids is 1. The Morgan fingerprint density at radius 2 is 1.94 bits per heavy atom. The molecule has 0 fully saturated rings. The Balaban J connectivity index is 2.21. The summed E-state index contributed by atoms with van der Waals surface area (Å²) in [5.74, 6) is 0.00449. The van der Waals surface area contributed by atoms with Crippen LogP contribution in [0.2, 0.25) is 0 Å². The zero-order valence-corrected chi connectivity index (χ0v) is 11.6. The van der Waals surface area contributed by atoms with Crippen LogP contribution < -0.4 is 5.49 Å². The fraction of sp³-hybridized carbons (Fsp3) is 0.143. The summed E-state index contributed by atoms with van der Waals surface area (Å²) in [6.45, 7) is 2.12. The van der Waals surface area contributed by atoms with Crippen molar-refractivity contribution in [1.29, 1.82) is 5.41 Å². The van der Waals surface area contributed by atoms with Gasteiger partial charge in [0.15, 0.2) is 5.78 Å². The van der Waals surface area contributed by atoms with Crippen LogP contribution in [0, 0.1) is 12.3 Å². The van der Waals surface area contributed by atoms with Crippen LogP contribution in [0.25, 0.3) is 0 Å². The highest BCUT2D eigenvalue weighted by molar-refractivity contribution is 9.10. The number of halogens is 1. The van der Waals surface area contributed by atoms with Crippen LogP contribution in [0.15, 0.2) is 47.1 Å². The summed E-state index contributed by atoms with van der Waals surface area (Å²) in [5, 5.41) is 7.80. The summed E-state index contributed by atoms with van der Waals surface area (Å²) >= 11 is 3.33. The average molecular weight is 305 g/mol. The van der Waals surface area contributed by atoms with Gasteiger partial charge in [-0.3, -0.25) is 10.2 Å². The molecule has 92 valence electrons. The molecule has 2 rings (SSSR count). The first kappa shape index (κ1) is 12.8. The van der Waals surface area contributed by atoms with Gasteiger partial charge in [-0.05, 0) is 36.8 Å². The van der Waals surface area contributed by atoms with Gasteiger partial charge in [0.05, 0.1) is 6.54 Å². The molecule has 1 heterocycles. The van der Waals surface area contributed by atoms with Gasteiger partial charge in [0, 0.05) is 16.2 Å². The van der Waals surface area contributed by atoms with Crippen molar-refractivity contribution >= 4 is 21.7 Å². The highest BCUT2D eigenvalue weighted by Gasteiger charge is 2.06. The summed E-state index contributed by atoms with van der Waals surface area (Å²) in [7, 11) is 0. The average Bonchev–Trinajstić information content (AvgIpc) is 2.33. The SMILES string of the molecule is Cc1ccn(CC(=O)c2ccc(Br)cc2)c(=N)c1. The number of pyridine rings is 1. The fourth-order valence-corrected chi connectivity index (χ4v) is 1.92. The van der Waals surface area contributed by atoms with Gasteiger partial charge in [-0.25, -0.2) is 0 Å². The van der Waals surface area contributed by atoms with E-state index in [0.29, 0.717) is 11.1 Å². The third-order valence-electron chi connectivity index (χ3n) is 2.67. The molecule has 4 heteroatoms. The minimum Gasteiger partial charge on any atom is -0.326 e. The second kappa shape index (κ2) is 5.31. The van der Waals surface area contributed by atoms with Crippen LogP contribution in [0.1, 0.15) is 15.9 Å². The third kappa shape index (κ3) is 2.96. The van der Waals surface area contributed by atoms with E-state index in [0.717, 1.165) is 10.0 Å². The Bertz CT molecular complexity index is 629. The molecule has 1 aromatic carbocycles. The molecular formula is C14H13BrN2O. The van der Waals surface area contributed by atoms with Crippen molar-refractivity contribution in [2.24, 2.45) is 0 Å². The van der Waals surface area contributed by atoms with E-state index in [1.54, 1.807) is 29.0 Å². The molecule has 0 saturated heterocycles. The van der Waals surface area contributed by atoms with Crippen LogP contribution in [-0.4, -0.2) is 10.4 Å². The number of aromatic nitrogens is 1. The lowest BCUT2D eigenvalue weighted by Gasteiger charge is -2.07. The van der Waals surface area contributed by atoms with Gasteiger partial charge in [0.1, 0.15) is 5.49 Å². The smallest absolute Gasteiger partial charge is 0.182 e. The van der Waals surface area contributed by atoms with E-state index in [1.807, 2.05) is 25.1 Å². The van der Waals surface area contributed by atoms with E-state index in [9.17, 15) is 4.79 Å². The van der Waals surface area contributed by atoms with Crippen LogP contribution in [0.5, 0.6) is 0 Å². The Labute approximate surface area is 114 Å². The molecule has 0 spiro atoms. The van der Waals surface area contributed by atoms with E-state index in [1.165, 1.54) is 0 Å². The normalized spacial score (nSPS) is 10.3. The molecular weight excluding hydrogens is 292 g/mol. The van der Waals surface area contributed by atoms with Crippen molar-refractivity contribution < 1.29 is 4.79 Å². The van der Waals surface area contributed by atoms with Gasteiger partial charge in [-0.1, -0.05) is 28.1 Å². The van der Waals surface area contributed by atoms with E-state index >= 15 is 0 Å². The Hall–Kier alpha value is -1.68. The molecule has 0 atom stereocenters. The van der Waals surface area contributed by atoms with Gasteiger partial charge in [-0.2, -0.15) is 0 Å². The molecule has 0 radical (unpaired) electrons. The van der Waals surface area contributed by atoms with Gasteiger partial charge in [0.25, 0.3) is 0 Å². The molecule has 0 aliphatic heterocycles. The van der Waals surface area contributed by atoms with Gasteiger partial charge in [-0.15, -0.1) is 0 Å². The maximum Gasteiger partial charge on any atom is 0.182 e. The lowest BCUT2D eigenvalue weighted by molar-refractivity contribution is 0.0970. The van der Waals surface area contributed by atoms with Crippen molar-refractivity contribution in [3.8, 4) is 0 Å². The number of carbonyl (C=O) groups is 1. The maximum absolute atomic E-state index is 12.0. The first-order valence-corrected chi connectivity index (χ1v) is 6.36. The molecule has 0 saturated carbocycles. The number of benzene rings is 1. The third-order valence-corrected chi connectivity index (χ3v) is 3.20. The standard InChI is InChI=1S/C14H13BrN2O/c1-10-6-7-17(14(16)8-10)9-13(18)11-2-4-12(15)5-3-11/h2-8,16H,9H2,1H3. The summed E-state index contributed by atoms with van der Waals surface area (Å²) in [6.07, 6.45) is 1.77. The predicted octanol–water partition coefficient (Wildman–Crippen LogP) is 2.92. The van der Waals surface area contributed by atoms with Gasteiger partial charge in [0.2, 0.25) is 0 Å². The molecule has 2 aromatic rings. The number of nitrogens with zero attached hydrogens (tertiary/aromatic N) is 1. The second-order valence-electron chi connectivity index (χ2n) is 4.15. The molecule has 0 unspecified atom stereocenters. The Kier molecular flexibility index (Phi) is 3.77. The second-order valence-corrected chi connectivity index (χ2v) is 5.06. The van der Waals surface area contributed by atoms with Crippen LogP contribution in [0.4, 0.5) is 0 Å². The minimum absolute atomic E-state index is 0.00449. The van der Waals surface area contributed by atoms with E-state index in [2.05, 4.69) is 15.9 Å². The number of nitrogens with one attached hydrogen (secondary N) is 1.